The number of halogens is 1. The van der Waals surface area contributed by atoms with Crippen LogP contribution < -0.4 is 10.6 Å². The van der Waals surface area contributed by atoms with Crippen LogP contribution in [0.4, 0.5) is 5.95 Å². The summed E-state index contributed by atoms with van der Waals surface area (Å²) in [5.41, 5.74) is 2.28. The number of hydrogen-bond donors (Lipinski definition) is 3. The van der Waals surface area contributed by atoms with Crippen molar-refractivity contribution in [1.82, 2.24) is 25.9 Å². The molecule has 1 amide bonds. The van der Waals surface area contributed by atoms with Crippen LogP contribution in [0.3, 0.4) is 0 Å². The van der Waals surface area contributed by atoms with E-state index < -0.39 is 23.7 Å². The van der Waals surface area contributed by atoms with Gasteiger partial charge in [0.15, 0.2) is 0 Å². The van der Waals surface area contributed by atoms with Crippen molar-refractivity contribution in [3.63, 3.8) is 0 Å². The number of rotatable bonds is 9. The summed E-state index contributed by atoms with van der Waals surface area (Å²) in [5, 5.41) is 19.6. The van der Waals surface area contributed by atoms with Crippen molar-refractivity contribution in [3.05, 3.63) is 59.1 Å². The lowest BCUT2D eigenvalue weighted by atomic mass is 9.99. The number of benzene rings is 2. The summed E-state index contributed by atoms with van der Waals surface area (Å²) in [6.07, 6.45) is 0.790. The lowest BCUT2D eigenvalue weighted by Gasteiger charge is -2.27. The van der Waals surface area contributed by atoms with Crippen LogP contribution in [0.1, 0.15) is 39.7 Å². The Labute approximate surface area is 203 Å². The smallest absolute Gasteiger partial charge is 0.323 e. The van der Waals surface area contributed by atoms with Gasteiger partial charge in [-0.25, -0.2) is 5.10 Å². The third-order valence-corrected chi connectivity index (χ3v) is 5.19. The third kappa shape index (κ3) is 7.36. The van der Waals surface area contributed by atoms with Crippen LogP contribution in [0.2, 0.25) is 5.02 Å². The van der Waals surface area contributed by atoms with Crippen molar-refractivity contribution in [2.75, 3.05) is 5.32 Å². The fourth-order valence-corrected chi connectivity index (χ4v) is 3.54. The molecule has 0 aliphatic rings. The molecule has 1 unspecified atom stereocenters. The molecule has 0 saturated heterocycles. The van der Waals surface area contributed by atoms with Gasteiger partial charge in [-0.3, -0.25) is 20.2 Å². The highest BCUT2D eigenvalue weighted by molar-refractivity contribution is 6.30. The minimum absolute atomic E-state index is 0.124. The normalized spacial score (nSPS) is 13.2. The Morgan fingerprint density at radius 1 is 1.09 bits per heavy atom. The van der Waals surface area contributed by atoms with Gasteiger partial charge in [0.25, 0.3) is 0 Å². The molecule has 0 bridgehead atoms. The van der Waals surface area contributed by atoms with Crippen molar-refractivity contribution >= 4 is 29.4 Å². The molecule has 3 N–H and O–H groups in total. The van der Waals surface area contributed by atoms with Gasteiger partial charge < -0.3 is 4.74 Å². The molecule has 1 heterocycles. The monoisotopic (exact) mass is 484 g/mol. The largest absolute Gasteiger partial charge is 0.459 e. The minimum Gasteiger partial charge on any atom is -0.459 e. The molecule has 2 atom stereocenters. The number of amides is 1. The second-order valence-corrected chi connectivity index (χ2v) is 9.30. The highest BCUT2D eigenvalue weighted by Gasteiger charge is 2.29. The fourth-order valence-electron chi connectivity index (χ4n) is 3.35. The zero-order valence-corrected chi connectivity index (χ0v) is 20.4. The van der Waals surface area contributed by atoms with E-state index in [9.17, 15) is 9.59 Å². The van der Waals surface area contributed by atoms with E-state index in [0.29, 0.717) is 17.9 Å². The first kappa shape index (κ1) is 25.3. The number of carbonyl (C=O) groups is 2. The summed E-state index contributed by atoms with van der Waals surface area (Å²) < 4.78 is 5.52. The summed E-state index contributed by atoms with van der Waals surface area (Å²) in [7, 11) is 0. The summed E-state index contributed by atoms with van der Waals surface area (Å²) >= 11 is 6.11. The van der Waals surface area contributed by atoms with Gasteiger partial charge in [-0.1, -0.05) is 60.0 Å². The zero-order chi connectivity index (χ0) is 24.7. The zero-order valence-electron chi connectivity index (χ0n) is 19.6. The van der Waals surface area contributed by atoms with E-state index in [1.54, 1.807) is 20.8 Å². The molecule has 0 spiro atoms. The second-order valence-electron chi connectivity index (χ2n) is 8.86. The highest BCUT2D eigenvalue weighted by Crippen LogP contribution is 2.23. The Hall–Kier alpha value is -3.30. The van der Waals surface area contributed by atoms with E-state index in [4.69, 9.17) is 16.3 Å². The standard InChI is InChI=1S/C24H29ClN6O3/c1-5-19(22(33)34-24(2,3)4)26-20(21(32)27-23-28-30-31-29-23)13-15-9-11-16(12-10-15)17-7-6-8-18(25)14-17/h6-12,14,19-20,26H,5,13H2,1-4H3,(H2,27,28,29,30,31,32)/t19?,20-/m0/s1. The molecule has 0 fully saturated rings. The predicted octanol–water partition coefficient (Wildman–Crippen LogP) is 3.78. The van der Waals surface area contributed by atoms with Gasteiger partial charge in [-0.15, -0.1) is 0 Å². The summed E-state index contributed by atoms with van der Waals surface area (Å²) in [6.45, 7) is 7.28. The van der Waals surface area contributed by atoms with E-state index in [2.05, 4.69) is 31.3 Å². The molecule has 2 aromatic carbocycles. The molecule has 0 aliphatic heterocycles. The summed E-state index contributed by atoms with van der Waals surface area (Å²) in [5.74, 6) is -0.664. The highest BCUT2D eigenvalue weighted by atomic mass is 35.5. The van der Waals surface area contributed by atoms with Gasteiger partial charge in [0.2, 0.25) is 11.9 Å². The number of nitrogens with one attached hydrogen (secondary N) is 3. The van der Waals surface area contributed by atoms with Crippen LogP contribution >= 0.6 is 11.6 Å². The molecular formula is C24H29ClN6O3. The van der Waals surface area contributed by atoms with Crippen molar-refractivity contribution in [2.45, 2.75) is 58.2 Å². The molecule has 1 aromatic heterocycles. The number of ether oxygens (including phenoxy) is 1. The first-order chi connectivity index (χ1) is 16.1. The molecule has 180 valence electrons. The molecule has 0 radical (unpaired) electrons. The summed E-state index contributed by atoms with van der Waals surface area (Å²) in [6, 6.07) is 14.0. The number of hydrogen-bond acceptors (Lipinski definition) is 7. The number of nitrogens with zero attached hydrogens (tertiary/aromatic N) is 3. The quantitative estimate of drug-likeness (QED) is 0.395. The van der Waals surface area contributed by atoms with Gasteiger partial charge in [0.05, 0.1) is 6.04 Å². The van der Waals surface area contributed by atoms with E-state index in [-0.39, 0.29) is 11.9 Å². The maximum absolute atomic E-state index is 13.0. The van der Waals surface area contributed by atoms with Crippen LogP contribution in [0.15, 0.2) is 48.5 Å². The van der Waals surface area contributed by atoms with Crippen LogP contribution in [0, 0.1) is 0 Å². The van der Waals surface area contributed by atoms with Gasteiger partial charge in [-0.05, 0) is 72.9 Å². The number of carbonyl (C=O) groups excluding carboxylic acids is 2. The Morgan fingerprint density at radius 2 is 1.82 bits per heavy atom. The molecule has 0 aliphatic carbocycles. The fraction of sp³-hybridized carbons (Fsp3) is 0.375. The average molecular weight is 485 g/mol. The molecule has 3 aromatic rings. The number of anilines is 1. The van der Waals surface area contributed by atoms with Crippen LogP contribution in [0.5, 0.6) is 0 Å². The SMILES string of the molecule is CCC(N[C@@H](Cc1ccc(-c2cccc(Cl)c2)cc1)C(=O)Nc1nnn[nH]1)C(=O)OC(C)(C)C. The Bertz CT molecular complexity index is 1100. The van der Waals surface area contributed by atoms with Crippen LogP contribution in [0.25, 0.3) is 11.1 Å². The van der Waals surface area contributed by atoms with Gasteiger partial charge in [0, 0.05) is 5.02 Å². The number of aromatic amines is 1. The molecule has 0 saturated carbocycles. The molecule has 9 nitrogen and oxygen atoms in total. The van der Waals surface area contributed by atoms with Crippen molar-refractivity contribution in [1.29, 1.82) is 0 Å². The maximum Gasteiger partial charge on any atom is 0.323 e. The maximum atomic E-state index is 13.0. The van der Waals surface area contributed by atoms with Gasteiger partial charge in [-0.2, -0.15) is 0 Å². The second kappa shape index (κ2) is 11.2. The van der Waals surface area contributed by atoms with E-state index in [1.165, 1.54) is 0 Å². The van der Waals surface area contributed by atoms with E-state index in [0.717, 1.165) is 16.7 Å². The average Bonchev–Trinajstić information content (AvgIpc) is 3.28. The number of esters is 1. The summed E-state index contributed by atoms with van der Waals surface area (Å²) in [4.78, 5) is 25.7. The molecule has 10 heteroatoms. The van der Waals surface area contributed by atoms with Gasteiger partial charge in [0.1, 0.15) is 11.6 Å². The van der Waals surface area contributed by atoms with Crippen LogP contribution in [-0.2, 0) is 20.7 Å². The van der Waals surface area contributed by atoms with Crippen molar-refractivity contribution in [3.8, 4) is 11.1 Å². The lowest BCUT2D eigenvalue weighted by molar-refractivity contribution is -0.157. The third-order valence-electron chi connectivity index (χ3n) is 4.96. The molecule has 34 heavy (non-hydrogen) atoms. The minimum atomic E-state index is -0.736. The van der Waals surface area contributed by atoms with Crippen LogP contribution in [-0.4, -0.2) is 50.2 Å². The number of H-pyrrole nitrogens is 1. The molecular weight excluding hydrogens is 456 g/mol. The predicted molar refractivity (Wildman–Crippen MR) is 130 cm³/mol. The Balaban J connectivity index is 1.78. The van der Waals surface area contributed by atoms with E-state index >= 15 is 0 Å². The first-order valence-electron chi connectivity index (χ1n) is 11.0. The first-order valence-corrected chi connectivity index (χ1v) is 11.4. The number of tetrazole rings is 1. The van der Waals surface area contributed by atoms with Gasteiger partial charge >= 0.3 is 5.97 Å². The number of aromatic nitrogens is 4. The van der Waals surface area contributed by atoms with E-state index in [1.807, 2.05) is 55.5 Å². The van der Waals surface area contributed by atoms with Crippen molar-refractivity contribution in [2.24, 2.45) is 0 Å². The van der Waals surface area contributed by atoms with Crippen molar-refractivity contribution < 1.29 is 14.3 Å². The Morgan fingerprint density at radius 3 is 2.41 bits per heavy atom. The molecule has 3 rings (SSSR count). The lowest BCUT2D eigenvalue weighted by Crippen LogP contribution is -2.51. The topological polar surface area (TPSA) is 122 Å². The Kier molecular flexibility index (Phi) is 8.36.